The number of benzene rings is 2. The molecule has 1 fully saturated rings. The molecule has 1 saturated heterocycles. The fourth-order valence-corrected chi connectivity index (χ4v) is 4.94. The molecule has 2 aliphatic rings. The maximum atomic E-state index is 13.4. The van der Waals surface area contributed by atoms with Crippen LogP contribution in [0, 0.1) is 5.41 Å². The van der Waals surface area contributed by atoms with Gasteiger partial charge in [-0.3, -0.25) is 4.79 Å². The normalized spacial score (nSPS) is 20.0. The van der Waals surface area contributed by atoms with Gasteiger partial charge in [0.1, 0.15) is 12.6 Å². The van der Waals surface area contributed by atoms with Crippen molar-refractivity contribution in [2.75, 3.05) is 26.9 Å². The number of nitrogens with one attached hydrogen (secondary N) is 1. The zero-order chi connectivity index (χ0) is 25.4. The number of carboxylic acids is 1. The van der Waals surface area contributed by atoms with Crippen molar-refractivity contribution in [3.05, 3.63) is 59.7 Å². The molecule has 2 atom stereocenters. The van der Waals surface area contributed by atoms with Gasteiger partial charge in [0.05, 0.1) is 6.61 Å². The van der Waals surface area contributed by atoms with Crippen molar-refractivity contribution in [3.63, 3.8) is 0 Å². The summed E-state index contributed by atoms with van der Waals surface area (Å²) in [6.07, 6.45) is -0.535. The van der Waals surface area contributed by atoms with E-state index >= 15 is 0 Å². The van der Waals surface area contributed by atoms with Crippen LogP contribution in [0.1, 0.15) is 44.2 Å². The van der Waals surface area contributed by atoms with Crippen molar-refractivity contribution in [1.82, 2.24) is 10.2 Å². The lowest BCUT2D eigenvalue weighted by molar-refractivity contribution is -0.159. The van der Waals surface area contributed by atoms with Crippen LogP contribution in [0.3, 0.4) is 0 Å². The Morgan fingerprint density at radius 2 is 1.69 bits per heavy atom. The molecule has 186 valence electrons. The van der Waals surface area contributed by atoms with Crippen LogP contribution < -0.4 is 5.32 Å². The zero-order valence-corrected chi connectivity index (χ0v) is 20.5. The fourth-order valence-electron chi connectivity index (χ4n) is 4.94. The largest absolute Gasteiger partial charge is 0.479 e. The van der Waals surface area contributed by atoms with Gasteiger partial charge in [0.2, 0.25) is 5.91 Å². The molecule has 0 aromatic heterocycles. The van der Waals surface area contributed by atoms with E-state index in [4.69, 9.17) is 9.47 Å². The molecule has 2 aromatic carbocycles. The summed E-state index contributed by atoms with van der Waals surface area (Å²) in [6, 6.07) is 15.1. The van der Waals surface area contributed by atoms with Gasteiger partial charge in [0.15, 0.2) is 5.54 Å². The number of hydrogen-bond donors (Lipinski definition) is 2. The highest BCUT2D eigenvalue weighted by Gasteiger charge is 2.51. The van der Waals surface area contributed by atoms with E-state index in [0.29, 0.717) is 0 Å². The Morgan fingerprint density at radius 3 is 2.17 bits per heavy atom. The van der Waals surface area contributed by atoms with Crippen molar-refractivity contribution >= 4 is 18.0 Å². The van der Waals surface area contributed by atoms with Crippen LogP contribution in [-0.2, 0) is 19.1 Å². The lowest BCUT2D eigenvalue weighted by atomic mass is 9.84. The summed E-state index contributed by atoms with van der Waals surface area (Å²) < 4.78 is 10.9. The third kappa shape index (κ3) is 4.50. The number of alkyl carbamates (subject to hydrolysis) is 1. The van der Waals surface area contributed by atoms with Gasteiger partial charge in [-0.25, -0.2) is 9.59 Å². The topological polar surface area (TPSA) is 105 Å². The summed E-state index contributed by atoms with van der Waals surface area (Å²) in [4.78, 5) is 39.6. The van der Waals surface area contributed by atoms with E-state index in [1.54, 1.807) is 0 Å². The molecule has 8 heteroatoms. The van der Waals surface area contributed by atoms with E-state index in [2.05, 4.69) is 17.4 Å². The first-order valence-electron chi connectivity index (χ1n) is 11.8. The second-order valence-corrected chi connectivity index (χ2v) is 10.3. The minimum absolute atomic E-state index is 0.0909. The number of fused-ring (bicyclic) bond motifs is 3. The van der Waals surface area contributed by atoms with Gasteiger partial charge >= 0.3 is 12.1 Å². The summed E-state index contributed by atoms with van der Waals surface area (Å²) in [7, 11) is 1.45. The van der Waals surface area contributed by atoms with Gasteiger partial charge in [0.25, 0.3) is 0 Å². The van der Waals surface area contributed by atoms with Gasteiger partial charge in [-0.2, -0.15) is 0 Å². The van der Waals surface area contributed by atoms with E-state index in [0.717, 1.165) is 22.3 Å². The standard InChI is InChI=1S/C27H32N2O6/c1-26(2,3)22(23(30)29(4)27(24(31)32)13-14-34-16-27)28-25(33)35-15-21-19-11-7-5-9-17(19)18-10-6-8-12-20(18)21/h5-12,21-22H,13-16H2,1-4H3,(H,28,33)(H,31,32). The monoisotopic (exact) mass is 480 g/mol. The predicted octanol–water partition coefficient (Wildman–Crippen LogP) is 3.64. The summed E-state index contributed by atoms with van der Waals surface area (Å²) >= 11 is 0. The Kier molecular flexibility index (Phi) is 6.60. The van der Waals surface area contributed by atoms with Crippen LogP contribution in [0.5, 0.6) is 0 Å². The maximum Gasteiger partial charge on any atom is 0.407 e. The quantitative estimate of drug-likeness (QED) is 0.654. The third-order valence-electron chi connectivity index (χ3n) is 7.09. The van der Waals surface area contributed by atoms with Gasteiger partial charge in [-0.05, 0) is 27.7 Å². The SMILES string of the molecule is CN(C(=O)C(NC(=O)OCC1c2ccccc2-c2ccccc21)C(C)(C)C)C1(C(=O)O)CCOC1. The molecular formula is C27H32N2O6. The van der Waals surface area contributed by atoms with Crippen LogP contribution in [0.4, 0.5) is 4.79 Å². The number of nitrogens with zero attached hydrogens (tertiary/aromatic N) is 1. The van der Waals surface area contributed by atoms with Crippen LogP contribution in [0.25, 0.3) is 11.1 Å². The minimum atomic E-state index is -1.45. The molecule has 1 aliphatic heterocycles. The highest BCUT2D eigenvalue weighted by molar-refractivity contribution is 5.92. The number of carbonyl (C=O) groups excluding carboxylic acids is 2. The number of aliphatic carboxylic acids is 1. The first-order chi connectivity index (χ1) is 16.6. The van der Waals surface area contributed by atoms with E-state index < -0.39 is 35.0 Å². The molecule has 4 rings (SSSR count). The second kappa shape index (κ2) is 9.34. The van der Waals surface area contributed by atoms with E-state index in [9.17, 15) is 19.5 Å². The number of carboxylic acid groups (broad SMARTS) is 1. The van der Waals surface area contributed by atoms with E-state index in [1.807, 2.05) is 57.2 Å². The van der Waals surface area contributed by atoms with Crippen LogP contribution in [0.15, 0.2) is 48.5 Å². The van der Waals surface area contributed by atoms with Crippen molar-refractivity contribution < 1.29 is 29.0 Å². The average molecular weight is 481 g/mol. The van der Waals surface area contributed by atoms with Gasteiger partial charge in [0, 0.05) is 26.0 Å². The molecule has 35 heavy (non-hydrogen) atoms. The summed E-state index contributed by atoms with van der Waals surface area (Å²) in [5.74, 6) is -1.73. The highest BCUT2D eigenvalue weighted by atomic mass is 16.5. The smallest absolute Gasteiger partial charge is 0.407 e. The van der Waals surface area contributed by atoms with Crippen molar-refractivity contribution in [1.29, 1.82) is 0 Å². The lowest BCUT2D eigenvalue weighted by Gasteiger charge is -2.39. The zero-order valence-electron chi connectivity index (χ0n) is 20.5. The number of likely N-dealkylation sites (N-methyl/N-ethyl adjacent to an activating group) is 1. The Morgan fingerprint density at radius 1 is 1.11 bits per heavy atom. The Labute approximate surface area is 205 Å². The number of rotatable bonds is 6. The average Bonchev–Trinajstić information content (AvgIpc) is 3.44. The number of amides is 2. The molecule has 2 unspecified atom stereocenters. The lowest BCUT2D eigenvalue weighted by Crippen LogP contribution is -2.62. The molecule has 8 nitrogen and oxygen atoms in total. The molecular weight excluding hydrogens is 448 g/mol. The predicted molar refractivity (Wildman–Crippen MR) is 130 cm³/mol. The van der Waals surface area contributed by atoms with E-state index in [1.165, 1.54) is 11.9 Å². The van der Waals surface area contributed by atoms with E-state index in [-0.39, 0.29) is 32.2 Å². The summed E-state index contributed by atoms with van der Waals surface area (Å²) in [5.41, 5.74) is 2.29. The maximum absolute atomic E-state index is 13.4. The van der Waals surface area contributed by atoms with Gasteiger partial charge in [-0.15, -0.1) is 0 Å². The van der Waals surface area contributed by atoms with Crippen LogP contribution in [-0.4, -0.2) is 66.4 Å². The van der Waals surface area contributed by atoms with Crippen molar-refractivity contribution in [3.8, 4) is 11.1 Å². The number of hydrogen-bond acceptors (Lipinski definition) is 5. The molecule has 0 spiro atoms. The Bertz CT molecular complexity index is 1090. The van der Waals surface area contributed by atoms with Gasteiger partial charge in [-0.1, -0.05) is 69.3 Å². The molecule has 0 radical (unpaired) electrons. The third-order valence-corrected chi connectivity index (χ3v) is 7.09. The van der Waals surface area contributed by atoms with Gasteiger partial charge < -0.3 is 24.8 Å². The van der Waals surface area contributed by atoms with Crippen molar-refractivity contribution in [2.45, 2.75) is 44.7 Å². The minimum Gasteiger partial charge on any atom is -0.479 e. The molecule has 2 N–H and O–H groups in total. The van der Waals surface area contributed by atoms with Crippen LogP contribution in [0.2, 0.25) is 0 Å². The Balaban J connectivity index is 1.49. The Hall–Kier alpha value is -3.39. The molecule has 0 bridgehead atoms. The van der Waals surface area contributed by atoms with Crippen molar-refractivity contribution in [2.24, 2.45) is 5.41 Å². The number of carbonyl (C=O) groups is 3. The second-order valence-electron chi connectivity index (χ2n) is 10.3. The fraction of sp³-hybridized carbons (Fsp3) is 0.444. The molecule has 2 amide bonds. The molecule has 2 aromatic rings. The first-order valence-corrected chi connectivity index (χ1v) is 11.8. The highest BCUT2D eigenvalue weighted by Crippen LogP contribution is 2.44. The summed E-state index contributed by atoms with van der Waals surface area (Å²) in [6.45, 7) is 5.72. The molecule has 1 heterocycles. The van der Waals surface area contributed by atoms with Crippen LogP contribution >= 0.6 is 0 Å². The molecule has 1 aliphatic carbocycles. The number of ether oxygens (including phenoxy) is 2. The summed E-state index contributed by atoms with van der Waals surface area (Å²) in [5, 5.41) is 12.5. The first kappa shape index (κ1) is 24.7. The molecule has 0 saturated carbocycles.